The SMILES string of the molecule is CC1(C)CN(C(=O)NC(C)(C(=O)O)C2CC2)CC(C)(C)O1. The number of carboxylic acid groups (broad SMARTS) is 1. The fourth-order valence-electron chi connectivity index (χ4n) is 3.22. The molecule has 1 saturated heterocycles. The van der Waals surface area contributed by atoms with Crippen LogP contribution < -0.4 is 5.32 Å². The summed E-state index contributed by atoms with van der Waals surface area (Å²) < 4.78 is 5.94. The molecule has 0 aromatic rings. The molecule has 6 nitrogen and oxygen atoms in total. The van der Waals surface area contributed by atoms with Gasteiger partial charge in [-0.3, -0.25) is 0 Å². The first kappa shape index (κ1) is 16.1. The van der Waals surface area contributed by atoms with Crippen LogP contribution in [0.3, 0.4) is 0 Å². The van der Waals surface area contributed by atoms with Gasteiger partial charge >= 0.3 is 12.0 Å². The van der Waals surface area contributed by atoms with Crippen molar-refractivity contribution in [2.75, 3.05) is 13.1 Å². The van der Waals surface area contributed by atoms with Crippen molar-refractivity contribution in [3.63, 3.8) is 0 Å². The molecule has 0 spiro atoms. The topological polar surface area (TPSA) is 78.9 Å². The molecule has 6 heteroatoms. The molecule has 120 valence electrons. The zero-order valence-corrected chi connectivity index (χ0v) is 13.5. The van der Waals surface area contributed by atoms with Crippen LogP contribution in [0.5, 0.6) is 0 Å². The van der Waals surface area contributed by atoms with E-state index in [1.165, 1.54) is 0 Å². The lowest BCUT2D eigenvalue weighted by molar-refractivity contribution is -0.170. The van der Waals surface area contributed by atoms with Gasteiger partial charge in [-0.2, -0.15) is 0 Å². The number of morpholine rings is 1. The third-order valence-electron chi connectivity index (χ3n) is 4.19. The van der Waals surface area contributed by atoms with Gasteiger partial charge in [0.2, 0.25) is 0 Å². The minimum Gasteiger partial charge on any atom is -0.480 e. The highest BCUT2D eigenvalue weighted by molar-refractivity contribution is 5.86. The van der Waals surface area contributed by atoms with Crippen LogP contribution in [0.2, 0.25) is 0 Å². The van der Waals surface area contributed by atoms with Crippen molar-refractivity contribution in [1.29, 1.82) is 0 Å². The Hall–Kier alpha value is -1.30. The van der Waals surface area contributed by atoms with Gasteiger partial charge < -0.3 is 20.1 Å². The minimum atomic E-state index is -1.18. The van der Waals surface area contributed by atoms with Crippen molar-refractivity contribution in [2.45, 2.75) is 64.2 Å². The molecule has 2 N–H and O–H groups in total. The number of rotatable bonds is 3. The summed E-state index contributed by atoms with van der Waals surface area (Å²) in [6.45, 7) is 10.2. The van der Waals surface area contributed by atoms with Crippen LogP contribution in [0.15, 0.2) is 0 Å². The third-order valence-corrected chi connectivity index (χ3v) is 4.19. The lowest BCUT2D eigenvalue weighted by Crippen LogP contribution is -2.64. The average Bonchev–Trinajstić information content (AvgIpc) is 3.07. The molecule has 1 unspecified atom stereocenters. The van der Waals surface area contributed by atoms with E-state index in [4.69, 9.17) is 4.74 Å². The molecular formula is C15H26N2O4. The Morgan fingerprint density at radius 3 is 2.05 bits per heavy atom. The Bertz CT molecular complexity index is 441. The molecule has 1 aliphatic heterocycles. The van der Waals surface area contributed by atoms with Crippen LogP contribution >= 0.6 is 0 Å². The van der Waals surface area contributed by atoms with E-state index < -0.39 is 22.7 Å². The van der Waals surface area contributed by atoms with E-state index >= 15 is 0 Å². The lowest BCUT2D eigenvalue weighted by Gasteiger charge is -2.47. The molecule has 2 rings (SSSR count). The number of hydrogen-bond acceptors (Lipinski definition) is 3. The fraction of sp³-hybridized carbons (Fsp3) is 0.867. The number of urea groups is 1. The van der Waals surface area contributed by atoms with Crippen LogP contribution in [0, 0.1) is 5.92 Å². The number of hydrogen-bond donors (Lipinski definition) is 2. The standard InChI is InChI=1S/C15H26N2O4/c1-13(2)8-17(9-14(3,4)21-13)12(20)16-15(5,11(18)19)10-6-7-10/h10H,6-9H2,1-5H3,(H,16,20)(H,18,19). The summed E-state index contributed by atoms with van der Waals surface area (Å²) in [5, 5.41) is 12.2. The summed E-state index contributed by atoms with van der Waals surface area (Å²) in [5.41, 5.74) is -2.07. The quantitative estimate of drug-likeness (QED) is 0.833. The number of carbonyl (C=O) groups is 2. The number of aliphatic carboxylic acids is 1. The van der Waals surface area contributed by atoms with Crippen molar-refractivity contribution in [1.82, 2.24) is 10.2 Å². The van der Waals surface area contributed by atoms with Gasteiger partial charge in [-0.05, 0) is 53.4 Å². The molecule has 1 heterocycles. The number of carbonyl (C=O) groups excluding carboxylic acids is 1. The highest BCUT2D eigenvalue weighted by atomic mass is 16.5. The first-order chi connectivity index (χ1) is 9.45. The van der Waals surface area contributed by atoms with Gasteiger partial charge in [-0.1, -0.05) is 0 Å². The van der Waals surface area contributed by atoms with Crippen LogP contribution in [0.25, 0.3) is 0 Å². The second-order valence-corrected chi connectivity index (χ2v) is 7.69. The summed E-state index contributed by atoms with van der Waals surface area (Å²) in [7, 11) is 0. The summed E-state index contributed by atoms with van der Waals surface area (Å²) in [5.74, 6) is -0.939. The van der Waals surface area contributed by atoms with Gasteiger partial charge in [0.05, 0.1) is 24.3 Å². The first-order valence-corrected chi connectivity index (χ1v) is 7.46. The largest absolute Gasteiger partial charge is 0.480 e. The maximum Gasteiger partial charge on any atom is 0.329 e. The molecule has 0 radical (unpaired) electrons. The smallest absolute Gasteiger partial charge is 0.329 e. The molecule has 1 saturated carbocycles. The number of amides is 2. The zero-order chi connectivity index (χ0) is 16.1. The molecule has 2 amide bonds. The van der Waals surface area contributed by atoms with Crippen molar-refractivity contribution in [3.05, 3.63) is 0 Å². The van der Waals surface area contributed by atoms with Gasteiger partial charge in [0.15, 0.2) is 0 Å². The Morgan fingerprint density at radius 2 is 1.67 bits per heavy atom. The van der Waals surface area contributed by atoms with E-state index in [1.54, 1.807) is 11.8 Å². The van der Waals surface area contributed by atoms with Crippen LogP contribution in [-0.4, -0.2) is 51.8 Å². The zero-order valence-electron chi connectivity index (χ0n) is 13.5. The van der Waals surface area contributed by atoms with Crippen LogP contribution in [-0.2, 0) is 9.53 Å². The summed E-state index contributed by atoms with van der Waals surface area (Å²) in [6.07, 6.45) is 1.70. The molecule has 2 aliphatic rings. The Kier molecular flexibility index (Phi) is 3.72. The second-order valence-electron chi connectivity index (χ2n) is 7.69. The maximum absolute atomic E-state index is 12.5. The molecule has 2 fully saturated rings. The average molecular weight is 298 g/mol. The van der Waals surface area contributed by atoms with E-state index in [9.17, 15) is 14.7 Å². The predicted octanol–water partition coefficient (Wildman–Crippen LogP) is 1.84. The molecule has 1 atom stereocenters. The summed E-state index contributed by atoms with van der Waals surface area (Å²) in [6, 6.07) is -0.323. The minimum absolute atomic E-state index is 0.0287. The van der Waals surface area contributed by atoms with E-state index in [0.29, 0.717) is 13.1 Å². The normalized spacial score (nSPS) is 26.8. The number of ether oxygens (including phenoxy) is 1. The first-order valence-electron chi connectivity index (χ1n) is 7.46. The Balaban J connectivity index is 2.10. The van der Waals surface area contributed by atoms with Gasteiger partial charge in [-0.25, -0.2) is 9.59 Å². The van der Waals surface area contributed by atoms with Crippen molar-refractivity contribution in [2.24, 2.45) is 5.92 Å². The monoisotopic (exact) mass is 298 g/mol. The highest BCUT2D eigenvalue weighted by Crippen LogP contribution is 2.40. The highest BCUT2D eigenvalue weighted by Gasteiger charge is 2.50. The summed E-state index contributed by atoms with van der Waals surface area (Å²) in [4.78, 5) is 25.7. The van der Waals surface area contributed by atoms with E-state index in [2.05, 4.69) is 5.32 Å². The molecule has 0 aromatic carbocycles. The maximum atomic E-state index is 12.5. The predicted molar refractivity (Wildman–Crippen MR) is 78.1 cm³/mol. The molecule has 0 bridgehead atoms. The Labute approximate surface area is 125 Å². The molecule has 21 heavy (non-hydrogen) atoms. The van der Waals surface area contributed by atoms with E-state index in [0.717, 1.165) is 12.8 Å². The van der Waals surface area contributed by atoms with Crippen molar-refractivity contribution >= 4 is 12.0 Å². The van der Waals surface area contributed by atoms with Crippen LogP contribution in [0.1, 0.15) is 47.5 Å². The molecule has 0 aromatic heterocycles. The van der Waals surface area contributed by atoms with E-state index in [-0.39, 0.29) is 11.9 Å². The van der Waals surface area contributed by atoms with Gasteiger partial charge in [0.25, 0.3) is 0 Å². The molecular weight excluding hydrogens is 272 g/mol. The number of carboxylic acids is 1. The van der Waals surface area contributed by atoms with Gasteiger partial charge in [0.1, 0.15) is 5.54 Å². The summed E-state index contributed by atoms with van der Waals surface area (Å²) >= 11 is 0. The fourth-order valence-corrected chi connectivity index (χ4v) is 3.22. The van der Waals surface area contributed by atoms with Gasteiger partial charge in [0, 0.05) is 0 Å². The van der Waals surface area contributed by atoms with Crippen molar-refractivity contribution < 1.29 is 19.4 Å². The number of nitrogens with one attached hydrogen (secondary N) is 1. The van der Waals surface area contributed by atoms with Crippen molar-refractivity contribution in [3.8, 4) is 0 Å². The van der Waals surface area contributed by atoms with E-state index in [1.807, 2.05) is 27.7 Å². The van der Waals surface area contributed by atoms with Crippen LogP contribution in [0.4, 0.5) is 4.79 Å². The number of nitrogens with zero attached hydrogens (tertiary/aromatic N) is 1. The molecule has 1 aliphatic carbocycles. The second kappa shape index (κ2) is 4.87. The Morgan fingerprint density at radius 1 is 1.19 bits per heavy atom. The van der Waals surface area contributed by atoms with Gasteiger partial charge in [-0.15, -0.1) is 0 Å². The lowest BCUT2D eigenvalue weighted by atomic mass is 9.95. The third kappa shape index (κ3) is 3.48.